The largest absolute Gasteiger partial charge is 0.501 e. The zero-order valence-electron chi connectivity index (χ0n) is 14.0. The molecule has 2 heterocycles. The van der Waals surface area contributed by atoms with Gasteiger partial charge in [0.1, 0.15) is 11.9 Å². The number of ether oxygens (including phenoxy) is 1. The Morgan fingerprint density at radius 1 is 1.14 bits per heavy atom. The van der Waals surface area contributed by atoms with Crippen molar-refractivity contribution >= 4 is 9.84 Å². The van der Waals surface area contributed by atoms with Gasteiger partial charge in [-0.25, -0.2) is 12.8 Å². The lowest BCUT2D eigenvalue weighted by Gasteiger charge is -2.19. The highest BCUT2D eigenvalue weighted by Crippen LogP contribution is 2.35. The Balaban J connectivity index is 2.07. The van der Waals surface area contributed by atoms with Crippen LogP contribution in [0.1, 0.15) is 17.2 Å². The molecule has 0 aliphatic heterocycles. The van der Waals surface area contributed by atoms with Crippen molar-refractivity contribution in [3.8, 4) is 11.4 Å². The van der Waals surface area contributed by atoms with Crippen molar-refractivity contribution in [1.29, 1.82) is 0 Å². The van der Waals surface area contributed by atoms with Gasteiger partial charge in [0.05, 0.1) is 16.7 Å². The Morgan fingerprint density at radius 2 is 1.82 bits per heavy atom. The van der Waals surface area contributed by atoms with E-state index in [1.807, 2.05) is 0 Å². The third-order valence-corrected chi connectivity index (χ3v) is 5.34. The van der Waals surface area contributed by atoms with E-state index in [-0.39, 0.29) is 22.5 Å². The fraction of sp³-hybridized carbons (Fsp3) is 0.188. The molecule has 0 radical (unpaired) electrons. The van der Waals surface area contributed by atoms with Gasteiger partial charge in [-0.2, -0.15) is 18.2 Å². The highest BCUT2D eigenvalue weighted by atomic mass is 32.2. The van der Waals surface area contributed by atoms with Gasteiger partial charge in [-0.05, 0) is 17.7 Å². The number of alkyl halides is 3. The van der Waals surface area contributed by atoms with Gasteiger partial charge in [-0.3, -0.25) is 4.98 Å². The van der Waals surface area contributed by atoms with Crippen LogP contribution in [0.5, 0.6) is 0 Å². The predicted octanol–water partition coefficient (Wildman–Crippen LogP) is 3.30. The third-order valence-electron chi connectivity index (χ3n) is 3.84. The summed E-state index contributed by atoms with van der Waals surface area (Å²) < 4.78 is 85.5. The van der Waals surface area contributed by atoms with Crippen LogP contribution in [0.25, 0.3) is 11.4 Å². The van der Waals surface area contributed by atoms with Gasteiger partial charge in [0, 0.05) is 18.9 Å². The number of halogens is 4. The normalized spacial score (nSPS) is 13.5. The molecule has 0 spiro atoms. The first-order valence-corrected chi connectivity index (χ1v) is 8.99. The SMILES string of the molecule is COC(c1ccc(S(=O)(=O)C(F)(F)F)cc1)c1c(F)cncc1-c1ncon1. The lowest BCUT2D eigenvalue weighted by atomic mass is 9.97. The molecule has 12 heteroatoms. The average molecular weight is 417 g/mol. The molecule has 3 rings (SSSR count). The van der Waals surface area contributed by atoms with E-state index in [4.69, 9.17) is 4.74 Å². The molecule has 28 heavy (non-hydrogen) atoms. The maximum atomic E-state index is 14.5. The first-order chi connectivity index (χ1) is 13.2. The summed E-state index contributed by atoms with van der Waals surface area (Å²) in [5.74, 6) is -0.749. The van der Waals surface area contributed by atoms with Crippen LogP contribution in [0.3, 0.4) is 0 Å². The van der Waals surface area contributed by atoms with Gasteiger partial charge in [-0.15, -0.1) is 0 Å². The van der Waals surface area contributed by atoms with E-state index in [1.165, 1.54) is 13.3 Å². The second-order valence-electron chi connectivity index (χ2n) is 5.47. The summed E-state index contributed by atoms with van der Waals surface area (Å²) in [6, 6.07) is 3.76. The summed E-state index contributed by atoms with van der Waals surface area (Å²) in [5, 5.41) is 3.62. The smallest absolute Gasteiger partial charge is 0.372 e. The average Bonchev–Trinajstić information content (AvgIpc) is 3.17. The molecule has 148 valence electrons. The lowest BCUT2D eigenvalue weighted by molar-refractivity contribution is -0.0436. The monoisotopic (exact) mass is 417 g/mol. The van der Waals surface area contributed by atoms with Crippen LogP contribution in [0.2, 0.25) is 0 Å². The molecule has 0 saturated heterocycles. The minimum atomic E-state index is -5.50. The number of hydrogen-bond donors (Lipinski definition) is 0. The molecule has 1 atom stereocenters. The number of hydrogen-bond acceptors (Lipinski definition) is 7. The molecule has 0 bridgehead atoms. The standard InChI is InChI=1S/C16H11F4N3O4S/c1-26-14(9-2-4-10(5-3-9)28(24,25)16(18,19)20)13-11(6-21-7-12(13)17)15-22-8-27-23-15/h2-8,14H,1H3. The van der Waals surface area contributed by atoms with E-state index < -0.39 is 32.2 Å². The third kappa shape index (κ3) is 3.47. The summed E-state index contributed by atoms with van der Waals surface area (Å²) in [6.07, 6.45) is 2.13. The molecule has 0 aliphatic carbocycles. The van der Waals surface area contributed by atoms with Crippen molar-refractivity contribution in [2.24, 2.45) is 0 Å². The molecule has 2 aromatic heterocycles. The van der Waals surface area contributed by atoms with E-state index in [0.717, 1.165) is 36.9 Å². The fourth-order valence-electron chi connectivity index (χ4n) is 2.55. The molecular weight excluding hydrogens is 406 g/mol. The molecule has 0 fully saturated rings. The number of pyridine rings is 1. The summed E-state index contributed by atoms with van der Waals surface area (Å²) in [7, 11) is -4.24. The number of sulfone groups is 1. The highest BCUT2D eigenvalue weighted by Gasteiger charge is 2.46. The molecule has 0 aliphatic rings. The second-order valence-corrected chi connectivity index (χ2v) is 7.41. The topological polar surface area (TPSA) is 95.2 Å². The molecule has 0 N–H and O–H groups in total. The van der Waals surface area contributed by atoms with Crippen molar-refractivity contribution in [2.75, 3.05) is 7.11 Å². The quantitative estimate of drug-likeness (QED) is 0.588. The lowest BCUT2D eigenvalue weighted by Crippen LogP contribution is -2.23. The molecule has 1 unspecified atom stereocenters. The minimum Gasteiger partial charge on any atom is -0.372 e. The maximum absolute atomic E-state index is 14.5. The van der Waals surface area contributed by atoms with E-state index in [0.29, 0.717) is 0 Å². The van der Waals surface area contributed by atoms with Gasteiger partial charge in [0.15, 0.2) is 0 Å². The summed E-state index contributed by atoms with van der Waals surface area (Å²) >= 11 is 0. The van der Waals surface area contributed by atoms with E-state index in [1.54, 1.807) is 0 Å². The number of benzene rings is 1. The zero-order chi connectivity index (χ0) is 20.5. The molecular formula is C16H11F4N3O4S. The predicted molar refractivity (Wildman–Crippen MR) is 86.0 cm³/mol. The van der Waals surface area contributed by atoms with Crippen molar-refractivity contribution in [3.63, 3.8) is 0 Å². The van der Waals surface area contributed by atoms with Crippen molar-refractivity contribution in [1.82, 2.24) is 15.1 Å². The molecule has 3 aromatic rings. The summed E-state index contributed by atoms with van der Waals surface area (Å²) in [4.78, 5) is 6.62. The molecule has 0 saturated carbocycles. The minimum absolute atomic E-state index is 0.0281. The number of nitrogens with zero attached hydrogens (tertiary/aromatic N) is 3. The van der Waals surface area contributed by atoms with Crippen LogP contribution < -0.4 is 0 Å². The van der Waals surface area contributed by atoms with E-state index >= 15 is 0 Å². The fourth-order valence-corrected chi connectivity index (χ4v) is 3.32. The van der Waals surface area contributed by atoms with Crippen molar-refractivity contribution < 1.29 is 35.2 Å². The first kappa shape index (κ1) is 19.9. The Kier molecular flexibility index (Phi) is 5.17. The zero-order valence-corrected chi connectivity index (χ0v) is 14.8. The Hall–Kier alpha value is -2.86. The van der Waals surface area contributed by atoms with Crippen LogP contribution in [-0.2, 0) is 14.6 Å². The first-order valence-electron chi connectivity index (χ1n) is 7.51. The number of aromatic nitrogens is 3. The van der Waals surface area contributed by atoms with Crippen LogP contribution in [0.15, 0.2) is 52.5 Å². The Labute approximate surface area is 155 Å². The van der Waals surface area contributed by atoms with Crippen LogP contribution in [0, 0.1) is 5.82 Å². The number of rotatable bonds is 5. The van der Waals surface area contributed by atoms with E-state index in [9.17, 15) is 26.0 Å². The summed E-state index contributed by atoms with van der Waals surface area (Å²) in [6.45, 7) is 0. The molecule has 1 aromatic carbocycles. The Bertz CT molecular complexity index is 1070. The van der Waals surface area contributed by atoms with Crippen LogP contribution in [0.4, 0.5) is 17.6 Å². The van der Waals surface area contributed by atoms with Gasteiger partial charge in [0.2, 0.25) is 12.2 Å². The van der Waals surface area contributed by atoms with E-state index in [2.05, 4.69) is 19.6 Å². The van der Waals surface area contributed by atoms with Crippen molar-refractivity contribution in [2.45, 2.75) is 16.5 Å². The van der Waals surface area contributed by atoms with Crippen LogP contribution >= 0.6 is 0 Å². The van der Waals surface area contributed by atoms with Gasteiger partial charge >= 0.3 is 5.51 Å². The number of methoxy groups -OCH3 is 1. The van der Waals surface area contributed by atoms with Gasteiger partial charge < -0.3 is 9.26 Å². The van der Waals surface area contributed by atoms with Crippen LogP contribution in [-0.4, -0.2) is 36.2 Å². The molecule has 0 amide bonds. The second kappa shape index (κ2) is 7.28. The Morgan fingerprint density at radius 3 is 2.36 bits per heavy atom. The summed E-state index contributed by atoms with van der Waals surface area (Å²) in [5.41, 5.74) is -5.12. The highest BCUT2D eigenvalue weighted by molar-refractivity contribution is 7.92. The van der Waals surface area contributed by atoms with Gasteiger partial charge in [-0.1, -0.05) is 17.3 Å². The van der Waals surface area contributed by atoms with Gasteiger partial charge in [0.25, 0.3) is 9.84 Å². The maximum Gasteiger partial charge on any atom is 0.501 e. The van der Waals surface area contributed by atoms with Crippen molar-refractivity contribution in [3.05, 3.63) is 60.0 Å². The molecule has 7 nitrogen and oxygen atoms in total.